The van der Waals surface area contributed by atoms with Gasteiger partial charge < -0.3 is 9.84 Å². The van der Waals surface area contributed by atoms with Gasteiger partial charge in [0.25, 0.3) is 0 Å². The van der Waals surface area contributed by atoms with Crippen LogP contribution >= 0.6 is 0 Å². The minimum Gasteiger partial charge on any atom is -0.480 e. The fraction of sp³-hybridized carbons (Fsp3) is 0.917. The van der Waals surface area contributed by atoms with Gasteiger partial charge in [-0.25, -0.2) is 0 Å². The van der Waals surface area contributed by atoms with E-state index >= 15 is 0 Å². The molecule has 0 radical (unpaired) electrons. The van der Waals surface area contributed by atoms with Crippen LogP contribution < -0.4 is 0 Å². The topological polar surface area (TPSA) is 49.8 Å². The van der Waals surface area contributed by atoms with Crippen LogP contribution in [0, 0.1) is 5.41 Å². The lowest BCUT2D eigenvalue weighted by molar-refractivity contribution is -0.144. The van der Waals surface area contributed by atoms with Crippen molar-refractivity contribution in [2.75, 3.05) is 26.8 Å². The predicted molar refractivity (Wildman–Crippen MR) is 62.5 cm³/mol. The Bertz CT molecular complexity index is 234. The zero-order valence-electron chi connectivity index (χ0n) is 10.5. The first-order chi connectivity index (χ1) is 7.52. The number of methoxy groups -OCH3 is 1. The van der Waals surface area contributed by atoms with E-state index in [1.54, 1.807) is 7.11 Å². The zero-order chi connectivity index (χ0) is 12.2. The molecule has 0 aromatic rings. The Labute approximate surface area is 97.6 Å². The van der Waals surface area contributed by atoms with Crippen molar-refractivity contribution in [2.24, 2.45) is 5.41 Å². The Morgan fingerprint density at radius 2 is 2.06 bits per heavy atom. The minimum absolute atomic E-state index is 0.224. The third-order valence-electron chi connectivity index (χ3n) is 3.61. The van der Waals surface area contributed by atoms with E-state index in [2.05, 4.69) is 11.8 Å². The molecule has 0 aliphatic carbocycles. The highest BCUT2D eigenvalue weighted by atomic mass is 16.5. The van der Waals surface area contributed by atoms with Gasteiger partial charge in [0.15, 0.2) is 0 Å². The smallest absolute Gasteiger partial charge is 0.320 e. The number of carboxylic acids is 1. The molecule has 1 N–H and O–H groups in total. The van der Waals surface area contributed by atoms with Gasteiger partial charge in [-0.15, -0.1) is 0 Å². The van der Waals surface area contributed by atoms with E-state index in [1.807, 2.05) is 6.92 Å². The number of rotatable bonds is 5. The van der Waals surface area contributed by atoms with Crippen LogP contribution in [0.4, 0.5) is 0 Å². The van der Waals surface area contributed by atoms with Crippen molar-refractivity contribution in [1.82, 2.24) is 4.90 Å². The maximum absolute atomic E-state index is 11.1. The number of hydrogen-bond acceptors (Lipinski definition) is 3. The molecule has 0 unspecified atom stereocenters. The molecule has 94 valence electrons. The highest BCUT2D eigenvalue weighted by Gasteiger charge is 2.34. The molecule has 1 fully saturated rings. The second-order valence-electron chi connectivity index (χ2n) is 5.04. The van der Waals surface area contributed by atoms with Crippen molar-refractivity contribution in [2.45, 2.75) is 39.2 Å². The second kappa shape index (κ2) is 5.64. The number of likely N-dealkylation sites (tertiary alicyclic amines) is 1. The van der Waals surface area contributed by atoms with Crippen LogP contribution in [-0.4, -0.2) is 48.8 Å². The van der Waals surface area contributed by atoms with Crippen LogP contribution in [0.3, 0.4) is 0 Å². The summed E-state index contributed by atoms with van der Waals surface area (Å²) in [5.41, 5.74) is 0.224. The van der Waals surface area contributed by atoms with E-state index in [-0.39, 0.29) is 11.5 Å². The highest BCUT2D eigenvalue weighted by molar-refractivity contribution is 5.73. The molecule has 1 atom stereocenters. The van der Waals surface area contributed by atoms with Gasteiger partial charge in [0.1, 0.15) is 6.04 Å². The average molecular weight is 229 g/mol. The minimum atomic E-state index is -0.696. The maximum atomic E-state index is 11.1. The number of nitrogens with zero attached hydrogens (tertiary/aromatic N) is 1. The normalized spacial score (nSPS) is 22.9. The molecule has 1 aliphatic heterocycles. The molecule has 0 aromatic heterocycles. The zero-order valence-corrected chi connectivity index (χ0v) is 10.5. The highest BCUT2D eigenvalue weighted by Crippen LogP contribution is 2.32. The Hall–Kier alpha value is -0.610. The standard InChI is InChI=1S/C12H23NO3/c1-4-10(11(14)15)13-7-5-12(2,6-8-13)9-16-3/h10H,4-9H2,1-3H3,(H,14,15)/t10-/m1/s1. The van der Waals surface area contributed by atoms with Gasteiger partial charge in [0.2, 0.25) is 0 Å². The van der Waals surface area contributed by atoms with E-state index in [0.717, 1.165) is 32.5 Å². The first-order valence-corrected chi connectivity index (χ1v) is 5.98. The van der Waals surface area contributed by atoms with Crippen molar-refractivity contribution in [1.29, 1.82) is 0 Å². The van der Waals surface area contributed by atoms with Crippen molar-refractivity contribution >= 4 is 5.97 Å². The quantitative estimate of drug-likeness (QED) is 0.778. The monoisotopic (exact) mass is 229 g/mol. The van der Waals surface area contributed by atoms with Crippen LogP contribution in [-0.2, 0) is 9.53 Å². The number of carbonyl (C=O) groups is 1. The van der Waals surface area contributed by atoms with Gasteiger partial charge >= 0.3 is 5.97 Å². The number of aliphatic carboxylic acids is 1. The molecule has 0 amide bonds. The molecule has 0 saturated carbocycles. The van der Waals surface area contributed by atoms with E-state index in [4.69, 9.17) is 9.84 Å². The molecule has 1 saturated heterocycles. The van der Waals surface area contributed by atoms with E-state index in [9.17, 15) is 4.79 Å². The van der Waals surface area contributed by atoms with Crippen LogP contribution in [0.2, 0.25) is 0 Å². The first-order valence-electron chi connectivity index (χ1n) is 5.98. The lowest BCUT2D eigenvalue weighted by Crippen LogP contribution is -2.48. The summed E-state index contributed by atoms with van der Waals surface area (Å²) in [4.78, 5) is 13.1. The number of carboxylic acid groups (broad SMARTS) is 1. The van der Waals surface area contributed by atoms with Gasteiger partial charge in [0.05, 0.1) is 6.61 Å². The molecule has 4 nitrogen and oxygen atoms in total. The average Bonchev–Trinajstić information content (AvgIpc) is 2.22. The number of hydrogen-bond donors (Lipinski definition) is 1. The lowest BCUT2D eigenvalue weighted by atomic mass is 9.80. The van der Waals surface area contributed by atoms with Crippen LogP contribution in [0.25, 0.3) is 0 Å². The SMILES string of the molecule is CC[C@H](C(=O)O)N1CCC(C)(COC)CC1. The summed E-state index contributed by atoms with van der Waals surface area (Å²) in [5.74, 6) is -0.696. The second-order valence-corrected chi connectivity index (χ2v) is 5.04. The summed E-state index contributed by atoms with van der Waals surface area (Å²) < 4.78 is 5.22. The van der Waals surface area contributed by atoms with Crippen molar-refractivity contribution in [3.8, 4) is 0 Å². The Balaban J connectivity index is 2.50. The predicted octanol–water partition coefficient (Wildman–Crippen LogP) is 1.60. The molecule has 0 aromatic carbocycles. The molecule has 1 aliphatic rings. The first kappa shape index (κ1) is 13.5. The fourth-order valence-electron chi connectivity index (χ4n) is 2.46. The van der Waals surface area contributed by atoms with Gasteiger partial charge in [-0.1, -0.05) is 13.8 Å². The van der Waals surface area contributed by atoms with Gasteiger partial charge in [-0.2, -0.15) is 0 Å². The Morgan fingerprint density at radius 3 is 2.44 bits per heavy atom. The maximum Gasteiger partial charge on any atom is 0.320 e. The third-order valence-corrected chi connectivity index (χ3v) is 3.61. The summed E-state index contributed by atoms with van der Waals surface area (Å²) in [5, 5.41) is 9.09. The fourth-order valence-corrected chi connectivity index (χ4v) is 2.46. The van der Waals surface area contributed by atoms with E-state index < -0.39 is 5.97 Å². The third kappa shape index (κ3) is 3.19. The summed E-state index contributed by atoms with van der Waals surface area (Å²) in [7, 11) is 1.73. The van der Waals surface area contributed by atoms with E-state index in [1.165, 1.54) is 0 Å². The molecule has 0 bridgehead atoms. The van der Waals surface area contributed by atoms with Crippen LogP contribution in [0.1, 0.15) is 33.1 Å². The van der Waals surface area contributed by atoms with E-state index in [0.29, 0.717) is 6.42 Å². The summed E-state index contributed by atoms with van der Waals surface area (Å²) in [6, 6.07) is -0.313. The number of piperidine rings is 1. The molecule has 1 rings (SSSR count). The molecule has 16 heavy (non-hydrogen) atoms. The lowest BCUT2D eigenvalue weighted by Gasteiger charge is -2.41. The van der Waals surface area contributed by atoms with Crippen LogP contribution in [0.15, 0.2) is 0 Å². The Kier molecular flexibility index (Phi) is 4.74. The van der Waals surface area contributed by atoms with Crippen LogP contribution in [0.5, 0.6) is 0 Å². The largest absolute Gasteiger partial charge is 0.480 e. The van der Waals surface area contributed by atoms with Gasteiger partial charge in [-0.05, 0) is 37.8 Å². The summed E-state index contributed by atoms with van der Waals surface area (Å²) in [6.07, 6.45) is 2.71. The summed E-state index contributed by atoms with van der Waals surface area (Å²) >= 11 is 0. The van der Waals surface area contributed by atoms with Gasteiger partial charge in [0, 0.05) is 7.11 Å². The van der Waals surface area contributed by atoms with Crippen molar-refractivity contribution < 1.29 is 14.6 Å². The van der Waals surface area contributed by atoms with Crippen molar-refractivity contribution in [3.05, 3.63) is 0 Å². The summed E-state index contributed by atoms with van der Waals surface area (Å²) in [6.45, 7) is 6.65. The molecule has 4 heteroatoms. The number of ether oxygens (including phenoxy) is 1. The Morgan fingerprint density at radius 1 is 1.50 bits per heavy atom. The molecule has 1 heterocycles. The molecular weight excluding hydrogens is 206 g/mol. The molecule has 0 spiro atoms. The molecular formula is C12H23NO3. The van der Waals surface area contributed by atoms with Gasteiger partial charge in [-0.3, -0.25) is 9.69 Å². The van der Waals surface area contributed by atoms with Crippen molar-refractivity contribution in [3.63, 3.8) is 0 Å².